The van der Waals surface area contributed by atoms with Crippen LogP contribution >= 0.6 is 0 Å². The Morgan fingerprint density at radius 3 is 2.57 bits per heavy atom. The number of aliphatic imine (C=N–C) groups is 1. The second-order valence-electron chi connectivity index (χ2n) is 5.79. The average molecular weight is 387 g/mol. The van der Waals surface area contributed by atoms with Crippen molar-refractivity contribution < 1.29 is 23.5 Å². The topological polar surface area (TPSA) is 115 Å². The highest BCUT2D eigenvalue weighted by Gasteiger charge is 2.29. The number of carbonyl (C=O) groups is 2. The summed E-state index contributed by atoms with van der Waals surface area (Å²) >= 11 is 0. The van der Waals surface area contributed by atoms with E-state index in [0.29, 0.717) is 5.56 Å². The molecule has 0 aliphatic carbocycles. The molecule has 0 spiro atoms. The zero-order chi connectivity index (χ0) is 20.1. The molecule has 1 heterocycles. The zero-order valence-electron chi connectivity index (χ0n) is 14.3. The number of nitrogens with one attached hydrogen (secondary N) is 3. The van der Waals surface area contributed by atoms with Gasteiger partial charge in [-0.15, -0.1) is 0 Å². The summed E-state index contributed by atoms with van der Waals surface area (Å²) in [5.41, 5.74) is 2.64. The van der Waals surface area contributed by atoms with Gasteiger partial charge in [0.25, 0.3) is 5.91 Å². The number of amides is 2. The summed E-state index contributed by atoms with van der Waals surface area (Å²) in [5, 5.41) is 17.6. The smallest absolute Gasteiger partial charge is 0.252 e. The Bertz CT molecular complexity index is 940. The molecule has 10 heteroatoms. The van der Waals surface area contributed by atoms with Crippen LogP contribution in [-0.2, 0) is 9.59 Å². The SMILES string of the molecule is O=C(CC1N=C(N/N=C/c2ccc(O)cc2)NC1=O)Nc1c(F)cccc1F. The van der Waals surface area contributed by atoms with Gasteiger partial charge in [0.05, 0.1) is 12.6 Å². The Balaban J connectivity index is 1.57. The van der Waals surface area contributed by atoms with E-state index >= 15 is 0 Å². The van der Waals surface area contributed by atoms with Crippen LogP contribution < -0.4 is 16.1 Å². The molecule has 3 rings (SSSR count). The lowest BCUT2D eigenvalue weighted by Crippen LogP contribution is -2.35. The first-order chi connectivity index (χ1) is 13.4. The fourth-order valence-electron chi connectivity index (χ4n) is 2.35. The van der Waals surface area contributed by atoms with Crippen molar-refractivity contribution in [1.82, 2.24) is 10.7 Å². The van der Waals surface area contributed by atoms with E-state index < -0.39 is 41.6 Å². The van der Waals surface area contributed by atoms with E-state index in [4.69, 9.17) is 0 Å². The van der Waals surface area contributed by atoms with E-state index in [0.717, 1.165) is 12.1 Å². The minimum absolute atomic E-state index is 0.0369. The van der Waals surface area contributed by atoms with Crippen molar-refractivity contribution in [1.29, 1.82) is 0 Å². The summed E-state index contributed by atoms with van der Waals surface area (Å²) in [5.74, 6) is -2.99. The number of para-hydroxylation sites is 1. The minimum Gasteiger partial charge on any atom is -0.508 e. The van der Waals surface area contributed by atoms with Crippen LogP contribution in [-0.4, -0.2) is 35.1 Å². The Kier molecular flexibility index (Phi) is 5.58. The number of carbonyl (C=O) groups excluding carboxylic acids is 2. The molecule has 8 nitrogen and oxygen atoms in total. The first kappa shape index (κ1) is 19.0. The lowest BCUT2D eigenvalue weighted by atomic mass is 10.2. The molecule has 4 N–H and O–H groups in total. The van der Waals surface area contributed by atoms with Crippen molar-refractivity contribution >= 4 is 29.7 Å². The van der Waals surface area contributed by atoms with Gasteiger partial charge in [-0.1, -0.05) is 6.07 Å². The number of benzene rings is 2. The molecule has 28 heavy (non-hydrogen) atoms. The predicted octanol–water partition coefficient (Wildman–Crippen LogP) is 1.48. The third-order valence-electron chi connectivity index (χ3n) is 3.71. The summed E-state index contributed by atoms with van der Waals surface area (Å²) in [7, 11) is 0. The first-order valence-corrected chi connectivity index (χ1v) is 8.13. The molecule has 0 saturated carbocycles. The standard InChI is InChI=1S/C18H15F2N5O3/c19-12-2-1-3-13(20)16(12)23-15(27)8-14-17(28)24-18(22-14)25-21-9-10-4-6-11(26)7-5-10/h1-7,9,14,26H,8H2,(H,23,27)(H2,22,24,25,28)/b21-9+. The molecule has 2 aromatic carbocycles. The summed E-state index contributed by atoms with van der Waals surface area (Å²) in [6.07, 6.45) is 1.04. The molecule has 1 aliphatic rings. The molecule has 0 bridgehead atoms. The summed E-state index contributed by atoms with van der Waals surface area (Å²) in [6.45, 7) is 0. The van der Waals surface area contributed by atoms with Gasteiger partial charge < -0.3 is 10.4 Å². The number of anilines is 1. The van der Waals surface area contributed by atoms with Crippen molar-refractivity contribution in [3.63, 3.8) is 0 Å². The maximum Gasteiger partial charge on any atom is 0.252 e. The Morgan fingerprint density at radius 1 is 1.21 bits per heavy atom. The fourth-order valence-corrected chi connectivity index (χ4v) is 2.35. The van der Waals surface area contributed by atoms with E-state index in [2.05, 4.69) is 26.2 Å². The van der Waals surface area contributed by atoms with Crippen LogP contribution in [0.2, 0.25) is 0 Å². The Labute approximate surface area is 158 Å². The molecule has 144 valence electrons. The number of hydrogen-bond acceptors (Lipinski definition) is 6. The third kappa shape index (κ3) is 4.67. The van der Waals surface area contributed by atoms with Gasteiger partial charge >= 0.3 is 0 Å². The quantitative estimate of drug-likeness (QED) is 0.459. The summed E-state index contributed by atoms with van der Waals surface area (Å²) < 4.78 is 27.1. The largest absolute Gasteiger partial charge is 0.508 e. The van der Waals surface area contributed by atoms with E-state index in [1.165, 1.54) is 24.4 Å². The van der Waals surface area contributed by atoms with Gasteiger partial charge in [-0.25, -0.2) is 19.2 Å². The lowest BCUT2D eigenvalue weighted by Gasteiger charge is -2.08. The van der Waals surface area contributed by atoms with Crippen LogP contribution in [0.1, 0.15) is 12.0 Å². The van der Waals surface area contributed by atoms with E-state index in [1.807, 2.05) is 0 Å². The second-order valence-corrected chi connectivity index (χ2v) is 5.79. The number of halogens is 2. The van der Waals surface area contributed by atoms with Gasteiger partial charge in [0, 0.05) is 0 Å². The summed E-state index contributed by atoms with van der Waals surface area (Å²) in [4.78, 5) is 27.9. The molecule has 1 atom stereocenters. The van der Waals surface area contributed by atoms with Crippen LogP contribution in [0.15, 0.2) is 52.6 Å². The van der Waals surface area contributed by atoms with Crippen LogP contribution in [0.5, 0.6) is 5.75 Å². The van der Waals surface area contributed by atoms with Gasteiger partial charge in [0.15, 0.2) is 0 Å². The van der Waals surface area contributed by atoms with Crippen LogP contribution in [0.3, 0.4) is 0 Å². The van der Waals surface area contributed by atoms with Gasteiger partial charge in [-0.05, 0) is 42.0 Å². The number of hydrogen-bond donors (Lipinski definition) is 4. The van der Waals surface area contributed by atoms with Gasteiger partial charge in [-0.2, -0.15) is 5.10 Å². The molecule has 2 amide bonds. The highest BCUT2D eigenvalue weighted by Crippen LogP contribution is 2.18. The van der Waals surface area contributed by atoms with Crippen molar-refractivity contribution in [3.05, 3.63) is 59.7 Å². The molecular weight excluding hydrogens is 372 g/mol. The highest BCUT2D eigenvalue weighted by atomic mass is 19.1. The number of hydrazone groups is 1. The maximum absolute atomic E-state index is 13.6. The van der Waals surface area contributed by atoms with E-state index in [1.54, 1.807) is 12.1 Å². The van der Waals surface area contributed by atoms with Gasteiger partial charge in [-0.3, -0.25) is 14.9 Å². The molecule has 2 aromatic rings. The van der Waals surface area contributed by atoms with Crippen molar-refractivity contribution in [3.8, 4) is 5.75 Å². The molecule has 0 fully saturated rings. The molecule has 1 aliphatic heterocycles. The molecule has 0 radical (unpaired) electrons. The van der Waals surface area contributed by atoms with Crippen LogP contribution in [0, 0.1) is 11.6 Å². The predicted molar refractivity (Wildman–Crippen MR) is 97.8 cm³/mol. The number of rotatable bonds is 5. The molecule has 1 unspecified atom stereocenters. The highest BCUT2D eigenvalue weighted by molar-refractivity contribution is 6.07. The fraction of sp³-hybridized carbons (Fsp3) is 0.111. The number of nitrogens with zero attached hydrogens (tertiary/aromatic N) is 2. The monoisotopic (exact) mass is 387 g/mol. The van der Waals surface area contributed by atoms with E-state index in [9.17, 15) is 23.5 Å². The molecule has 0 aromatic heterocycles. The van der Waals surface area contributed by atoms with Gasteiger partial charge in [0.1, 0.15) is 29.1 Å². The molecular formula is C18H15F2N5O3. The minimum atomic E-state index is -1.05. The van der Waals surface area contributed by atoms with Crippen molar-refractivity contribution in [2.75, 3.05) is 5.32 Å². The first-order valence-electron chi connectivity index (χ1n) is 8.13. The van der Waals surface area contributed by atoms with Crippen molar-refractivity contribution in [2.45, 2.75) is 12.5 Å². The third-order valence-corrected chi connectivity index (χ3v) is 3.71. The average Bonchev–Trinajstić information content (AvgIpc) is 2.99. The molecule has 0 saturated heterocycles. The van der Waals surface area contributed by atoms with Crippen LogP contribution in [0.25, 0.3) is 0 Å². The number of phenols is 1. The zero-order valence-corrected chi connectivity index (χ0v) is 14.3. The maximum atomic E-state index is 13.6. The second kappa shape index (κ2) is 8.25. The summed E-state index contributed by atoms with van der Waals surface area (Å²) in [6, 6.07) is 8.37. The number of guanidine groups is 1. The normalized spacial score (nSPS) is 16.0. The number of phenolic OH excluding ortho intramolecular Hbond substituents is 1. The van der Waals surface area contributed by atoms with Crippen LogP contribution in [0.4, 0.5) is 14.5 Å². The van der Waals surface area contributed by atoms with E-state index in [-0.39, 0.29) is 11.7 Å². The Hall–Kier alpha value is -3.82. The Morgan fingerprint density at radius 2 is 1.89 bits per heavy atom. The lowest BCUT2D eigenvalue weighted by molar-refractivity contribution is -0.123. The number of aromatic hydroxyl groups is 1. The van der Waals surface area contributed by atoms with Gasteiger partial charge in [0.2, 0.25) is 11.9 Å². The van der Waals surface area contributed by atoms with Crippen molar-refractivity contribution in [2.24, 2.45) is 10.1 Å².